The third-order valence-corrected chi connectivity index (χ3v) is 5.30. The van der Waals surface area contributed by atoms with Crippen molar-refractivity contribution < 1.29 is 4.79 Å². The van der Waals surface area contributed by atoms with E-state index in [1.54, 1.807) is 0 Å². The van der Waals surface area contributed by atoms with Gasteiger partial charge in [-0.05, 0) is 66.6 Å². The molecule has 0 saturated heterocycles. The van der Waals surface area contributed by atoms with Crippen LogP contribution in [-0.2, 0) is 0 Å². The van der Waals surface area contributed by atoms with Crippen molar-refractivity contribution in [2.45, 2.75) is 37.4 Å². The molecule has 19 heavy (non-hydrogen) atoms. The molecule has 1 aliphatic carbocycles. The van der Waals surface area contributed by atoms with E-state index >= 15 is 0 Å². The molecule has 1 amide bonds. The molecule has 0 bridgehead atoms. The number of carbonyl (C=O) groups excluding carboxylic acids is 1. The van der Waals surface area contributed by atoms with E-state index in [-0.39, 0.29) is 5.91 Å². The Balaban J connectivity index is 1.89. The van der Waals surface area contributed by atoms with E-state index in [4.69, 9.17) is 0 Å². The number of rotatable bonds is 3. The molecule has 1 N–H and O–H groups in total. The van der Waals surface area contributed by atoms with Gasteiger partial charge in [0.25, 0.3) is 5.91 Å². The van der Waals surface area contributed by atoms with Gasteiger partial charge in [-0.3, -0.25) is 4.79 Å². The van der Waals surface area contributed by atoms with Crippen molar-refractivity contribution in [3.8, 4) is 0 Å². The van der Waals surface area contributed by atoms with Crippen LogP contribution in [0.15, 0.2) is 22.7 Å². The predicted molar refractivity (Wildman–Crippen MR) is 85.9 cm³/mol. The zero-order valence-electron chi connectivity index (χ0n) is 11.1. The monoisotopic (exact) mass is 387 g/mol. The maximum absolute atomic E-state index is 12.2. The van der Waals surface area contributed by atoms with Crippen LogP contribution in [0.25, 0.3) is 0 Å². The molecule has 1 saturated carbocycles. The summed E-state index contributed by atoms with van der Waals surface area (Å²) in [6.45, 7) is 2.79. The molecule has 0 heterocycles. The number of hydrogen-bond acceptors (Lipinski definition) is 1. The zero-order valence-corrected chi connectivity index (χ0v) is 14.3. The molecule has 104 valence electrons. The molecule has 0 aromatic heterocycles. The largest absolute Gasteiger partial charge is 0.352 e. The zero-order chi connectivity index (χ0) is 13.8. The Morgan fingerprint density at radius 3 is 2.68 bits per heavy atom. The van der Waals surface area contributed by atoms with Crippen molar-refractivity contribution in [3.63, 3.8) is 0 Å². The summed E-state index contributed by atoms with van der Waals surface area (Å²) in [6.07, 6.45) is 4.83. The highest BCUT2D eigenvalue weighted by molar-refractivity contribution is 9.10. The van der Waals surface area contributed by atoms with Crippen LogP contribution in [0.4, 0.5) is 0 Å². The number of alkyl halides is 1. The second-order valence-corrected chi connectivity index (χ2v) is 7.46. The van der Waals surface area contributed by atoms with Gasteiger partial charge in [-0.15, -0.1) is 0 Å². The van der Waals surface area contributed by atoms with Gasteiger partial charge < -0.3 is 5.32 Å². The molecule has 1 fully saturated rings. The summed E-state index contributed by atoms with van der Waals surface area (Å²) in [6, 6.07) is 5.85. The third-order valence-electron chi connectivity index (χ3n) is 3.69. The number of halogens is 2. The topological polar surface area (TPSA) is 29.1 Å². The molecule has 0 unspecified atom stereocenters. The number of benzene rings is 1. The van der Waals surface area contributed by atoms with Crippen molar-refractivity contribution in [2.75, 3.05) is 6.54 Å². The second kappa shape index (κ2) is 6.89. The van der Waals surface area contributed by atoms with E-state index in [2.05, 4.69) is 37.2 Å². The normalized spacial score (nSPS) is 23.1. The van der Waals surface area contributed by atoms with E-state index in [1.807, 2.05) is 25.1 Å². The Hall–Kier alpha value is -0.350. The van der Waals surface area contributed by atoms with E-state index < -0.39 is 0 Å². The summed E-state index contributed by atoms with van der Waals surface area (Å²) >= 11 is 7.09. The fourth-order valence-electron chi connectivity index (χ4n) is 2.47. The van der Waals surface area contributed by atoms with Gasteiger partial charge >= 0.3 is 0 Å². The highest BCUT2D eigenvalue weighted by atomic mass is 79.9. The fraction of sp³-hybridized carbons (Fsp3) is 0.533. The Morgan fingerprint density at radius 2 is 2.00 bits per heavy atom. The van der Waals surface area contributed by atoms with Crippen molar-refractivity contribution >= 4 is 37.8 Å². The number of nitrogens with one attached hydrogen (secondary N) is 1. The van der Waals surface area contributed by atoms with E-state index in [0.717, 1.165) is 22.1 Å². The van der Waals surface area contributed by atoms with Crippen LogP contribution >= 0.6 is 31.9 Å². The number of hydrogen-bond donors (Lipinski definition) is 1. The van der Waals surface area contributed by atoms with Gasteiger partial charge in [0.2, 0.25) is 0 Å². The lowest BCUT2D eigenvalue weighted by atomic mass is 9.89. The summed E-state index contributed by atoms with van der Waals surface area (Å²) in [4.78, 5) is 12.8. The van der Waals surface area contributed by atoms with Crippen LogP contribution in [0.2, 0.25) is 0 Å². The van der Waals surface area contributed by atoms with E-state index in [1.165, 1.54) is 25.7 Å². The number of aryl methyl sites for hydroxylation is 1. The smallest absolute Gasteiger partial charge is 0.252 e. The molecule has 1 aromatic rings. The standard InChI is InChI=1S/C15H19Br2NO/c1-10-2-7-14(17)13(8-10)15(19)18-9-11-3-5-12(16)6-4-11/h2,7-8,11-12H,3-6,9H2,1H3,(H,18,19). The lowest BCUT2D eigenvalue weighted by Crippen LogP contribution is -2.31. The predicted octanol–water partition coefficient (Wildman–Crippen LogP) is 4.44. The maximum atomic E-state index is 12.2. The average Bonchev–Trinajstić information content (AvgIpc) is 2.40. The van der Waals surface area contributed by atoms with Gasteiger partial charge in [0.05, 0.1) is 5.56 Å². The minimum Gasteiger partial charge on any atom is -0.352 e. The first-order valence-corrected chi connectivity index (χ1v) is 8.45. The average molecular weight is 389 g/mol. The Kier molecular flexibility index (Phi) is 5.46. The Bertz CT molecular complexity index is 453. The highest BCUT2D eigenvalue weighted by Crippen LogP contribution is 2.28. The molecule has 0 radical (unpaired) electrons. The number of carbonyl (C=O) groups is 1. The van der Waals surface area contributed by atoms with Gasteiger partial charge in [-0.2, -0.15) is 0 Å². The van der Waals surface area contributed by atoms with Gasteiger partial charge in [0.15, 0.2) is 0 Å². The molecule has 0 aliphatic heterocycles. The van der Waals surface area contributed by atoms with Crippen molar-refractivity contribution in [3.05, 3.63) is 33.8 Å². The lowest BCUT2D eigenvalue weighted by molar-refractivity contribution is 0.0943. The van der Waals surface area contributed by atoms with Crippen molar-refractivity contribution in [1.82, 2.24) is 5.32 Å². The molecule has 2 nitrogen and oxygen atoms in total. The summed E-state index contributed by atoms with van der Waals surface area (Å²) < 4.78 is 0.861. The van der Waals surface area contributed by atoms with Gasteiger partial charge in [0, 0.05) is 15.8 Å². The minimum atomic E-state index is 0.0246. The molecule has 1 aromatic carbocycles. The van der Waals surface area contributed by atoms with Crippen LogP contribution < -0.4 is 5.32 Å². The quantitative estimate of drug-likeness (QED) is 0.762. The van der Waals surface area contributed by atoms with Crippen molar-refractivity contribution in [1.29, 1.82) is 0 Å². The van der Waals surface area contributed by atoms with Gasteiger partial charge in [0.1, 0.15) is 0 Å². The molecular weight excluding hydrogens is 370 g/mol. The third kappa shape index (κ3) is 4.32. The van der Waals surface area contributed by atoms with Crippen LogP contribution in [-0.4, -0.2) is 17.3 Å². The molecule has 0 spiro atoms. The van der Waals surface area contributed by atoms with Crippen LogP contribution in [0.3, 0.4) is 0 Å². The van der Waals surface area contributed by atoms with Gasteiger partial charge in [-0.25, -0.2) is 0 Å². The van der Waals surface area contributed by atoms with E-state index in [0.29, 0.717) is 10.7 Å². The number of amides is 1. The van der Waals surface area contributed by atoms with Crippen LogP contribution in [0.1, 0.15) is 41.6 Å². The Labute approximate surface area is 131 Å². The summed E-state index contributed by atoms with van der Waals surface area (Å²) in [5.41, 5.74) is 1.84. The SMILES string of the molecule is Cc1ccc(Br)c(C(=O)NCC2CCC(Br)CC2)c1. The summed E-state index contributed by atoms with van der Waals surface area (Å²) in [7, 11) is 0. The molecule has 4 heteroatoms. The first-order chi connectivity index (χ1) is 9.06. The second-order valence-electron chi connectivity index (χ2n) is 5.31. The lowest BCUT2D eigenvalue weighted by Gasteiger charge is -2.25. The minimum absolute atomic E-state index is 0.0246. The Morgan fingerprint density at radius 1 is 1.32 bits per heavy atom. The summed E-state index contributed by atoms with van der Waals surface area (Å²) in [5, 5.41) is 3.07. The van der Waals surface area contributed by atoms with Gasteiger partial charge in [-0.1, -0.05) is 27.6 Å². The first kappa shape index (κ1) is 15.0. The van der Waals surface area contributed by atoms with E-state index in [9.17, 15) is 4.79 Å². The summed E-state index contributed by atoms with van der Waals surface area (Å²) in [5.74, 6) is 0.651. The van der Waals surface area contributed by atoms with Crippen LogP contribution in [0.5, 0.6) is 0 Å². The molecule has 2 rings (SSSR count). The molecular formula is C15H19Br2NO. The highest BCUT2D eigenvalue weighted by Gasteiger charge is 2.20. The molecule has 0 atom stereocenters. The fourth-order valence-corrected chi connectivity index (χ4v) is 3.43. The van der Waals surface area contributed by atoms with Crippen LogP contribution in [0, 0.1) is 12.8 Å². The first-order valence-electron chi connectivity index (χ1n) is 6.74. The molecule has 1 aliphatic rings. The van der Waals surface area contributed by atoms with Crippen molar-refractivity contribution in [2.24, 2.45) is 5.92 Å². The maximum Gasteiger partial charge on any atom is 0.252 e.